The quantitative estimate of drug-likeness (QED) is 0.616. The summed E-state index contributed by atoms with van der Waals surface area (Å²) >= 11 is 0. The van der Waals surface area contributed by atoms with Gasteiger partial charge in [-0.25, -0.2) is 0 Å². The lowest BCUT2D eigenvalue weighted by Gasteiger charge is -2.37. The van der Waals surface area contributed by atoms with E-state index in [-0.39, 0.29) is 11.9 Å². The molecular formula is C27H31N3O2. The third kappa shape index (κ3) is 5.11. The zero-order valence-electron chi connectivity index (χ0n) is 18.8. The number of nitrogens with zero attached hydrogens (tertiary/aromatic N) is 2. The normalized spacial score (nSPS) is 14.8. The Morgan fingerprint density at radius 2 is 1.50 bits per heavy atom. The van der Waals surface area contributed by atoms with Crippen LogP contribution in [0.1, 0.15) is 22.7 Å². The summed E-state index contributed by atoms with van der Waals surface area (Å²) in [5, 5.41) is 3.51. The molecule has 0 bridgehead atoms. The second-order valence-corrected chi connectivity index (χ2v) is 8.17. The number of nitrogens with one attached hydrogen (secondary N) is 1. The fourth-order valence-corrected chi connectivity index (χ4v) is 4.22. The molecule has 1 amide bonds. The molecule has 1 aliphatic heterocycles. The number of hydrogen-bond acceptors (Lipinski definition) is 4. The molecule has 0 radical (unpaired) electrons. The zero-order valence-corrected chi connectivity index (χ0v) is 18.8. The summed E-state index contributed by atoms with van der Waals surface area (Å²) < 4.78 is 5.50. The van der Waals surface area contributed by atoms with Crippen molar-refractivity contribution < 1.29 is 9.53 Å². The third-order valence-corrected chi connectivity index (χ3v) is 6.06. The number of benzene rings is 3. The van der Waals surface area contributed by atoms with Gasteiger partial charge in [-0.05, 0) is 30.2 Å². The van der Waals surface area contributed by atoms with E-state index in [1.54, 1.807) is 7.11 Å². The summed E-state index contributed by atoms with van der Waals surface area (Å²) in [5.74, 6) is 1.01. The van der Waals surface area contributed by atoms with Gasteiger partial charge < -0.3 is 14.5 Å². The largest absolute Gasteiger partial charge is 0.495 e. The predicted molar refractivity (Wildman–Crippen MR) is 129 cm³/mol. The Kier molecular flexibility index (Phi) is 7.07. The van der Waals surface area contributed by atoms with Crippen LogP contribution < -0.4 is 15.0 Å². The first kappa shape index (κ1) is 21.9. The fourth-order valence-electron chi connectivity index (χ4n) is 4.22. The van der Waals surface area contributed by atoms with Crippen molar-refractivity contribution in [2.24, 2.45) is 0 Å². The van der Waals surface area contributed by atoms with E-state index in [1.165, 1.54) is 5.56 Å². The van der Waals surface area contributed by atoms with Crippen molar-refractivity contribution >= 4 is 11.6 Å². The first-order valence-electron chi connectivity index (χ1n) is 11.2. The number of methoxy groups -OCH3 is 1. The van der Waals surface area contributed by atoms with Gasteiger partial charge in [-0.3, -0.25) is 10.1 Å². The van der Waals surface area contributed by atoms with E-state index < -0.39 is 0 Å². The Hall–Kier alpha value is -3.31. The van der Waals surface area contributed by atoms with Crippen LogP contribution in [0.5, 0.6) is 5.75 Å². The standard InChI is InChI=1S/C27H31N3O2/c1-21-12-14-23(15-13-21)27(22-8-4-3-5-9-22)28-20-26(31)30-18-16-29(17-19-30)24-10-6-7-11-25(24)32-2/h3-15,27-28H,16-20H2,1-2H3/t27-/m1/s1. The van der Waals surface area contributed by atoms with Gasteiger partial charge in [0.1, 0.15) is 5.75 Å². The van der Waals surface area contributed by atoms with Gasteiger partial charge in [0.2, 0.25) is 5.91 Å². The molecule has 0 saturated carbocycles. The molecule has 1 fully saturated rings. The molecule has 1 atom stereocenters. The molecule has 1 saturated heterocycles. The maximum atomic E-state index is 13.0. The maximum absolute atomic E-state index is 13.0. The topological polar surface area (TPSA) is 44.8 Å². The van der Waals surface area contributed by atoms with Gasteiger partial charge >= 0.3 is 0 Å². The molecule has 1 N–H and O–H groups in total. The first-order valence-corrected chi connectivity index (χ1v) is 11.2. The Morgan fingerprint density at radius 1 is 0.875 bits per heavy atom. The number of para-hydroxylation sites is 2. The summed E-state index contributed by atoms with van der Waals surface area (Å²) in [4.78, 5) is 17.2. The number of anilines is 1. The van der Waals surface area contributed by atoms with Crippen molar-refractivity contribution in [1.82, 2.24) is 10.2 Å². The summed E-state index contributed by atoms with van der Waals surface area (Å²) in [6.45, 7) is 5.40. The second-order valence-electron chi connectivity index (χ2n) is 8.17. The highest BCUT2D eigenvalue weighted by molar-refractivity contribution is 5.78. The number of piperazine rings is 1. The van der Waals surface area contributed by atoms with Crippen LogP contribution in [0.25, 0.3) is 0 Å². The summed E-state index contributed by atoms with van der Waals surface area (Å²) in [5.41, 5.74) is 4.63. The molecule has 0 unspecified atom stereocenters. The number of aryl methyl sites for hydroxylation is 1. The molecule has 5 heteroatoms. The summed E-state index contributed by atoms with van der Waals surface area (Å²) in [6.07, 6.45) is 0. The van der Waals surface area contributed by atoms with E-state index in [0.717, 1.165) is 35.7 Å². The van der Waals surface area contributed by atoms with Crippen molar-refractivity contribution in [3.63, 3.8) is 0 Å². The molecule has 166 valence electrons. The highest BCUT2D eigenvalue weighted by Crippen LogP contribution is 2.28. The molecule has 1 heterocycles. The van der Waals surface area contributed by atoms with Crippen molar-refractivity contribution in [1.29, 1.82) is 0 Å². The van der Waals surface area contributed by atoms with Crippen LogP contribution in [0.4, 0.5) is 5.69 Å². The molecule has 3 aromatic rings. The van der Waals surface area contributed by atoms with Crippen LogP contribution >= 0.6 is 0 Å². The third-order valence-electron chi connectivity index (χ3n) is 6.06. The summed E-state index contributed by atoms with van der Waals surface area (Å²) in [6, 6.07) is 26.8. The SMILES string of the molecule is COc1ccccc1N1CCN(C(=O)CN[C@H](c2ccccc2)c2ccc(C)cc2)CC1. The minimum absolute atomic E-state index is 0.0179. The van der Waals surface area contributed by atoms with E-state index in [0.29, 0.717) is 19.6 Å². The maximum Gasteiger partial charge on any atom is 0.236 e. The monoisotopic (exact) mass is 429 g/mol. The van der Waals surface area contributed by atoms with E-state index in [2.05, 4.69) is 59.6 Å². The average molecular weight is 430 g/mol. The number of carbonyl (C=O) groups is 1. The molecular weight excluding hydrogens is 398 g/mol. The van der Waals surface area contributed by atoms with Crippen LogP contribution in [-0.4, -0.2) is 50.6 Å². The predicted octanol–water partition coefficient (Wildman–Crippen LogP) is 4.03. The van der Waals surface area contributed by atoms with Crippen molar-refractivity contribution in [2.75, 3.05) is 44.7 Å². The van der Waals surface area contributed by atoms with Gasteiger partial charge in [-0.2, -0.15) is 0 Å². The van der Waals surface area contributed by atoms with Crippen LogP contribution in [0.3, 0.4) is 0 Å². The van der Waals surface area contributed by atoms with Crippen LogP contribution in [-0.2, 0) is 4.79 Å². The van der Waals surface area contributed by atoms with Gasteiger partial charge in [0, 0.05) is 26.2 Å². The lowest BCUT2D eigenvalue weighted by molar-refractivity contribution is -0.130. The Balaban J connectivity index is 1.38. The van der Waals surface area contributed by atoms with E-state index >= 15 is 0 Å². The lowest BCUT2D eigenvalue weighted by atomic mass is 9.98. The molecule has 5 nitrogen and oxygen atoms in total. The molecule has 0 aliphatic carbocycles. The van der Waals surface area contributed by atoms with Gasteiger partial charge in [0.05, 0.1) is 25.4 Å². The Labute approximate surface area is 190 Å². The molecule has 32 heavy (non-hydrogen) atoms. The van der Waals surface area contributed by atoms with Gasteiger partial charge in [0.15, 0.2) is 0 Å². The van der Waals surface area contributed by atoms with Gasteiger partial charge in [-0.1, -0.05) is 72.3 Å². The number of hydrogen-bond donors (Lipinski definition) is 1. The zero-order chi connectivity index (χ0) is 22.3. The summed E-state index contributed by atoms with van der Waals surface area (Å²) in [7, 11) is 1.70. The molecule has 1 aliphatic rings. The van der Waals surface area contributed by atoms with Gasteiger partial charge in [-0.15, -0.1) is 0 Å². The van der Waals surface area contributed by atoms with Crippen LogP contribution in [0.2, 0.25) is 0 Å². The Morgan fingerprint density at radius 3 is 2.19 bits per heavy atom. The Bertz CT molecular complexity index is 1010. The minimum atomic E-state index is -0.0179. The number of ether oxygens (including phenoxy) is 1. The molecule has 3 aromatic carbocycles. The average Bonchev–Trinajstić information content (AvgIpc) is 2.86. The van der Waals surface area contributed by atoms with Crippen molar-refractivity contribution in [3.8, 4) is 5.75 Å². The smallest absolute Gasteiger partial charge is 0.236 e. The van der Waals surface area contributed by atoms with E-state index in [9.17, 15) is 4.79 Å². The molecule has 0 aromatic heterocycles. The van der Waals surface area contributed by atoms with Gasteiger partial charge in [0.25, 0.3) is 0 Å². The first-order chi connectivity index (χ1) is 15.7. The number of rotatable bonds is 7. The number of amides is 1. The van der Waals surface area contributed by atoms with E-state index in [4.69, 9.17) is 4.74 Å². The molecule has 0 spiro atoms. The highest BCUT2D eigenvalue weighted by Gasteiger charge is 2.24. The van der Waals surface area contributed by atoms with Crippen molar-refractivity contribution in [2.45, 2.75) is 13.0 Å². The molecule has 4 rings (SSSR count). The number of carbonyl (C=O) groups excluding carboxylic acids is 1. The second kappa shape index (κ2) is 10.3. The lowest BCUT2D eigenvalue weighted by Crippen LogP contribution is -2.51. The van der Waals surface area contributed by atoms with Crippen LogP contribution in [0, 0.1) is 6.92 Å². The fraction of sp³-hybridized carbons (Fsp3) is 0.296. The van der Waals surface area contributed by atoms with E-state index in [1.807, 2.05) is 41.3 Å². The minimum Gasteiger partial charge on any atom is -0.495 e. The van der Waals surface area contributed by atoms with Crippen molar-refractivity contribution in [3.05, 3.63) is 95.6 Å². The van der Waals surface area contributed by atoms with Crippen LogP contribution in [0.15, 0.2) is 78.9 Å². The highest BCUT2D eigenvalue weighted by atomic mass is 16.5.